The number of nitrogens with one attached hydrogen (secondary N) is 1. The van der Waals surface area contributed by atoms with Gasteiger partial charge in [-0.2, -0.15) is 0 Å². The molecule has 0 saturated carbocycles. The van der Waals surface area contributed by atoms with E-state index >= 15 is 0 Å². The van der Waals surface area contributed by atoms with Gasteiger partial charge in [0.25, 0.3) is 11.8 Å². The molecule has 0 aliphatic carbocycles. The SMILES string of the molecule is CCOc1cc(C=CC(=O)OCC(=O)Nc2sc(C(N)=O)c(C)c2C(=O)OCCOC)cc(Cl)c1OC. The van der Waals surface area contributed by atoms with Crippen LogP contribution in [0.4, 0.5) is 5.00 Å². The lowest BCUT2D eigenvalue weighted by atomic mass is 10.1. The number of ether oxygens (including phenoxy) is 5. The number of carbonyl (C=O) groups excluding carboxylic acids is 4. The van der Waals surface area contributed by atoms with Crippen LogP contribution in [0.15, 0.2) is 18.2 Å². The van der Waals surface area contributed by atoms with Crippen LogP contribution < -0.4 is 20.5 Å². The number of amides is 2. The van der Waals surface area contributed by atoms with E-state index in [0.29, 0.717) is 28.7 Å². The van der Waals surface area contributed by atoms with E-state index in [2.05, 4.69) is 5.32 Å². The lowest BCUT2D eigenvalue weighted by Crippen LogP contribution is -2.21. The standard InChI is InChI=1S/C24H27ClN2O9S/c1-5-34-16-11-14(10-15(25)20(16)33-4)6-7-18(29)36-12-17(28)27-23-19(24(31)35-9-8-32-3)13(2)21(37-23)22(26)30/h6-7,10-11H,5,8-9,12H2,1-4H3,(H2,26,30)(H,27,28). The molecule has 0 spiro atoms. The minimum Gasteiger partial charge on any atom is -0.491 e. The van der Waals surface area contributed by atoms with Crippen LogP contribution in [0.5, 0.6) is 11.5 Å². The monoisotopic (exact) mass is 554 g/mol. The summed E-state index contributed by atoms with van der Waals surface area (Å²) in [5.74, 6) is -2.31. The van der Waals surface area contributed by atoms with E-state index in [1.807, 2.05) is 0 Å². The molecule has 0 atom stereocenters. The summed E-state index contributed by atoms with van der Waals surface area (Å²) in [6.07, 6.45) is 2.55. The molecule has 1 aromatic heterocycles. The third-order valence-electron chi connectivity index (χ3n) is 4.64. The fourth-order valence-electron chi connectivity index (χ4n) is 3.03. The van der Waals surface area contributed by atoms with Crippen molar-refractivity contribution in [1.82, 2.24) is 0 Å². The molecule has 2 amide bonds. The van der Waals surface area contributed by atoms with E-state index in [-0.39, 0.29) is 34.2 Å². The fourth-order valence-corrected chi connectivity index (χ4v) is 4.39. The molecule has 0 aliphatic rings. The maximum absolute atomic E-state index is 12.5. The quantitative estimate of drug-likeness (QED) is 0.216. The van der Waals surface area contributed by atoms with E-state index < -0.39 is 30.4 Å². The molecule has 1 heterocycles. The Morgan fingerprint density at radius 3 is 2.49 bits per heavy atom. The van der Waals surface area contributed by atoms with E-state index in [0.717, 1.165) is 17.4 Å². The first-order chi connectivity index (χ1) is 17.6. The zero-order valence-corrected chi connectivity index (χ0v) is 22.2. The number of carbonyl (C=O) groups is 4. The van der Waals surface area contributed by atoms with Crippen molar-refractivity contribution in [3.8, 4) is 11.5 Å². The van der Waals surface area contributed by atoms with Gasteiger partial charge < -0.3 is 34.7 Å². The summed E-state index contributed by atoms with van der Waals surface area (Å²) in [5.41, 5.74) is 6.16. The number of primary amides is 1. The number of halogens is 1. The molecule has 37 heavy (non-hydrogen) atoms. The molecular formula is C24H27ClN2O9S. The molecule has 1 aromatic carbocycles. The lowest BCUT2D eigenvalue weighted by molar-refractivity contribution is -0.142. The predicted octanol–water partition coefficient (Wildman–Crippen LogP) is 3.21. The summed E-state index contributed by atoms with van der Waals surface area (Å²) in [6.45, 7) is 3.17. The Kier molecular flexibility index (Phi) is 11.4. The summed E-state index contributed by atoms with van der Waals surface area (Å²) in [5, 5.41) is 2.79. The summed E-state index contributed by atoms with van der Waals surface area (Å²) in [7, 11) is 2.91. The zero-order chi connectivity index (χ0) is 27.5. The summed E-state index contributed by atoms with van der Waals surface area (Å²) >= 11 is 7.01. The van der Waals surface area contributed by atoms with Crippen molar-refractivity contribution in [2.24, 2.45) is 5.73 Å². The van der Waals surface area contributed by atoms with Crippen LogP contribution in [0.1, 0.15) is 38.1 Å². The second-order valence-electron chi connectivity index (χ2n) is 7.21. The van der Waals surface area contributed by atoms with Gasteiger partial charge >= 0.3 is 11.9 Å². The number of rotatable bonds is 13. The number of thiophene rings is 1. The molecule has 11 nitrogen and oxygen atoms in total. The van der Waals surface area contributed by atoms with Crippen molar-refractivity contribution in [2.45, 2.75) is 13.8 Å². The Labute approximate surface area is 222 Å². The van der Waals surface area contributed by atoms with Gasteiger partial charge in [0.15, 0.2) is 18.1 Å². The number of nitrogens with two attached hydrogens (primary N) is 1. The molecule has 0 bridgehead atoms. The summed E-state index contributed by atoms with van der Waals surface area (Å²) < 4.78 is 25.6. The van der Waals surface area contributed by atoms with Crippen molar-refractivity contribution in [2.75, 3.05) is 46.0 Å². The maximum Gasteiger partial charge on any atom is 0.341 e. The highest BCUT2D eigenvalue weighted by Crippen LogP contribution is 2.37. The molecule has 2 rings (SSSR count). The van der Waals surface area contributed by atoms with Gasteiger partial charge in [-0.15, -0.1) is 11.3 Å². The van der Waals surface area contributed by atoms with Crippen LogP contribution in [0.25, 0.3) is 6.08 Å². The second-order valence-corrected chi connectivity index (χ2v) is 8.64. The molecule has 2 aromatic rings. The van der Waals surface area contributed by atoms with Crippen LogP contribution >= 0.6 is 22.9 Å². The zero-order valence-electron chi connectivity index (χ0n) is 20.7. The molecular weight excluding hydrogens is 528 g/mol. The van der Waals surface area contributed by atoms with Gasteiger partial charge in [0, 0.05) is 13.2 Å². The Bertz CT molecular complexity index is 1190. The van der Waals surface area contributed by atoms with Gasteiger partial charge in [-0.25, -0.2) is 9.59 Å². The van der Waals surface area contributed by atoms with Crippen LogP contribution in [-0.4, -0.2) is 64.4 Å². The molecule has 0 fully saturated rings. The fraction of sp³-hybridized carbons (Fsp3) is 0.333. The van der Waals surface area contributed by atoms with Crippen molar-refractivity contribution in [3.05, 3.63) is 44.8 Å². The number of esters is 2. The van der Waals surface area contributed by atoms with E-state index in [4.69, 9.17) is 41.0 Å². The van der Waals surface area contributed by atoms with Gasteiger partial charge in [-0.3, -0.25) is 9.59 Å². The van der Waals surface area contributed by atoms with E-state index in [9.17, 15) is 19.2 Å². The maximum atomic E-state index is 12.5. The molecule has 0 unspecified atom stereocenters. The Balaban J connectivity index is 2.06. The smallest absolute Gasteiger partial charge is 0.341 e. The second kappa shape index (κ2) is 14.2. The van der Waals surface area contributed by atoms with Crippen LogP contribution in [0.3, 0.4) is 0 Å². The van der Waals surface area contributed by atoms with Gasteiger partial charge in [0.1, 0.15) is 11.6 Å². The number of benzene rings is 1. The largest absolute Gasteiger partial charge is 0.491 e. The Morgan fingerprint density at radius 2 is 1.86 bits per heavy atom. The van der Waals surface area contributed by atoms with Crippen LogP contribution in [-0.2, 0) is 23.8 Å². The predicted molar refractivity (Wildman–Crippen MR) is 138 cm³/mol. The van der Waals surface area contributed by atoms with Crippen molar-refractivity contribution < 1.29 is 42.9 Å². The van der Waals surface area contributed by atoms with Crippen LogP contribution in [0, 0.1) is 6.92 Å². The number of methoxy groups -OCH3 is 2. The summed E-state index contributed by atoms with van der Waals surface area (Å²) in [4.78, 5) is 48.8. The van der Waals surface area contributed by atoms with E-state index in [1.165, 1.54) is 27.2 Å². The minimum absolute atomic E-state index is 0.0176. The molecule has 3 N–H and O–H groups in total. The molecule has 0 aliphatic heterocycles. The van der Waals surface area contributed by atoms with Gasteiger partial charge in [0.05, 0.1) is 35.8 Å². The highest BCUT2D eigenvalue weighted by atomic mass is 35.5. The Morgan fingerprint density at radius 1 is 1.14 bits per heavy atom. The normalized spacial score (nSPS) is 10.7. The van der Waals surface area contributed by atoms with E-state index in [1.54, 1.807) is 19.1 Å². The highest BCUT2D eigenvalue weighted by molar-refractivity contribution is 7.18. The van der Waals surface area contributed by atoms with Gasteiger partial charge in [0.2, 0.25) is 0 Å². The minimum atomic E-state index is -0.806. The van der Waals surface area contributed by atoms with Crippen LogP contribution in [0.2, 0.25) is 5.02 Å². The number of hydrogen-bond acceptors (Lipinski definition) is 10. The number of anilines is 1. The average Bonchev–Trinajstić information content (AvgIpc) is 3.17. The van der Waals surface area contributed by atoms with Crippen molar-refractivity contribution >= 4 is 57.8 Å². The van der Waals surface area contributed by atoms with Gasteiger partial charge in [-0.1, -0.05) is 11.6 Å². The first-order valence-electron chi connectivity index (χ1n) is 10.9. The molecule has 200 valence electrons. The highest BCUT2D eigenvalue weighted by Gasteiger charge is 2.26. The average molecular weight is 555 g/mol. The first kappa shape index (κ1) is 29.6. The third-order valence-corrected chi connectivity index (χ3v) is 6.14. The topological polar surface area (TPSA) is 152 Å². The molecule has 0 saturated heterocycles. The van der Waals surface area contributed by atoms with Crippen molar-refractivity contribution in [3.63, 3.8) is 0 Å². The van der Waals surface area contributed by atoms with Crippen molar-refractivity contribution in [1.29, 1.82) is 0 Å². The Hall–Kier alpha value is -3.61. The molecule has 13 heteroatoms. The summed E-state index contributed by atoms with van der Waals surface area (Å²) in [6, 6.07) is 3.20. The van der Waals surface area contributed by atoms with Gasteiger partial charge in [-0.05, 0) is 43.2 Å². The molecule has 0 radical (unpaired) electrons. The third kappa shape index (κ3) is 8.20. The first-order valence-corrected chi connectivity index (χ1v) is 12.1. The number of hydrogen-bond donors (Lipinski definition) is 2. The lowest BCUT2D eigenvalue weighted by Gasteiger charge is -2.11.